The molecule has 0 saturated carbocycles. The van der Waals surface area contributed by atoms with Crippen LogP contribution in [0.2, 0.25) is 0 Å². The SMILES string of the molecule is Cc1cscc1C(=O)N(CCO)CCc1ccccc1. The summed E-state index contributed by atoms with van der Waals surface area (Å²) < 4.78 is 0. The maximum atomic E-state index is 12.5. The first-order valence-electron chi connectivity index (χ1n) is 6.69. The molecular weight excluding hydrogens is 270 g/mol. The molecule has 0 aliphatic rings. The second-order valence-electron chi connectivity index (χ2n) is 4.72. The van der Waals surface area contributed by atoms with Gasteiger partial charge in [-0.1, -0.05) is 30.3 Å². The molecule has 0 aliphatic heterocycles. The molecule has 1 heterocycles. The molecule has 0 unspecified atom stereocenters. The number of carbonyl (C=O) groups is 1. The van der Waals surface area contributed by atoms with Crippen molar-refractivity contribution < 1.29 is 9.90 Å². The Kier molecular flexibility index (Phi) is 5.32. The summed E-state index contributed by atoms with van der Waals surface area (Å²) in [4.78, 5) is 14.2. The quantitative estimate of drug-likeness (QED) is 0.888. The fraction of sp³-hybridized carbons (Fsp3) is 0.312. The third-order valence-corrected chi connectivity index (χ3v) is 4.12. The number of benzene rings is 1. The standard InChI is InChI=1S/C16H19NO2S/c1-13-11-20-12-15(13)16(19)17(9-10-18)8-7-14-5-3-2-4-6-14/h2-6,11-12,18H,7-10H2,1H3. The smallest absolute Gasteiger partial charge is 0.255 e. The highest BCUT2D eigenvalue weighted by Gasteiger charge is 2.17. The Hall–Kier alpha value is -1.65. The number of aliphatic hydroxyl groups is 1. The Labute approximate surface area is 123 Å². The zero-order valence-corrected chi connectivity index (χ0v) is 12.4. The average Bonchev–Trinajstić information content (AvgIpc) is 2.90. The van der Waals surface area contributed by atoms with Gasteiger partial charge in [0.2, 0.25) is 0 Å². The van der Waals surface area contributed by atoms with Crippen LogP contribution in [0.3, 0.4) is 0 Å². The van der Waals surface area contributed by atoms with E-state index >= 15 is 0 Å². The van der Waals surface area contributed by atoms with Gasteiger partial charge in [0.15, 0.2) is 0 Å². The summed E-state index contributed by atoms with van der Waals surface area (Å²) in [5.74, 6) is 0.00808. The average molecular weight is 289 g/mol. The minimum atomic E-state index is -0.0102. The van der Waals surface area contributed by atoms with E-state index in [1.54, 1.807) is 4.90 Å². The van der Waals surface area contributed by atoms with Gasteiger partial charge in [0.1, 0.15) is 0 Å². The van der Waals surface area contributed by atoms with Crippen LogP contribution in [-0.2, 0) is 6.42 Å². The Morgan fingerprint density at radius 1 is 1.20 bits per heavy atom. The largest absolute Gasteiger partial charge is 0.395 e. The van der Waals surface area contributed by atoms with Gasteiger partial charge in [-0.25, -0.2) is 0 Å². The van der Waals surface area contributed by atoms with Crippen molar-refractivity contribution in [3.8, 4) is 0 Å². The third kappa shape index (κ3) is 3.68. The van der Waals surface area contributed by atoms with E-state index in [9.17, 15) is 4.79 Å². The van der Waals surface area contributed by atoms with E-state index in [1.165, 1.54) is 16.9 Å². The first kappa shape index (κ1) is 14.8. The van der Waals surface area contributed by atoms with Gasteiger partial charge in [0.05, 0.1) is 12.2 Å². The Balaban J connectivity index is 2.03. The third-order valence-electron chi connectivity index (χ3n) is 3.26. The minimum Gasteiger partial charge on any atom is -0.395 e. The van der Waals surface area contributed by atoms with Crippen molar-refractivity contribution >= 4 is 17.2 Å². The number of nitrogens with zero attached hydrogens (tertiary/aromatic N) is 1. The molecule has 1 N–H and O–H groups in total. The van der Waals surface area contributed by atoms with Gasteiger partial charge in [0, 0.05) is 18.5 Å². The first-order valence-corrected chi connectivity index (χ1v) is 7.63. The Morgan fingerprint density at radius 3 is 2.55 bits per heavy atom. The molecule has 0 spiro atoms. The molecule has 0 fully saturated rings. The molecule has 0 aliphatic carbocycles. The van der Waals surface area contributed by atoms with Crippen LogP contribution in [0.15, 0.2) is 41.1 Å². The summed E-state index contributed by atoms with van der Waals surface area (Å²) in [6, 6.07) is 10.1. The van der Waals surface area contributed by atoms with Crippen molar-refractivity contribution in [2.45, 2.75) is 13.3 Å². The Morgan fingerprint density at radius 2 is 1.95 bits per heavy atom. The van der Waals surface area contributed by atoms with Crippen molar-refractivity contribution in [2.75, 3.05) is 19.7 Å². The predicted octanol–water partition coefficient (Wildman–Crippen LogP) is 2.73. The van der Waals surface area contributed by atoms with Gasteiger partial charge in [0.25, 0.3) is 5.91 Å². The molecule has 2 rings (SSSR count). The molecule has 0 radical (unpaired) electrons. The second-order valence-corrected chi connectivity index (χ2v) is 5.46. The highest BCUT2D eigenvalue weighted by molar-refractivity contribution is 7.08. The number of amides is 1. The first-order chi connectivity index (χ1) is 9.72. The van der Waals surface area contributed by atoms with Crippen LogP contribution in [0.5, 0.6) is 0 Å². The highest BCUT2D eigenvalue weighted by atomic mass is 32.1. The van der Waals surface area contributed by atoms with E-state index in [0.29, 0.717) is 13.1 Å². The van der Waals surface area contributed by atoms with E-state index in [4.69, 9.17) is 5.11 Å². The van der Waals surface area contributed by atoms with Crippen molar-refractivity contribution in [3.05, 3.63) is 57.8 Å². The van der Waals surface area contributed by atoms with Crippen LogP contribution >= 0.6 is 11.3 Å². The number of hydrogen-bond donors (Lipinski definition) is 1. The van der Waals surface area contributed by atoms with E-state index in [2.05, 4.69) is 12.1 Å². The van der Waals surface area contributed by atoms with Crippen LogP contribution < -0.4 is 0 Å². The van der Waals surface area contributed by atoms with Crippen molar-refractivity contribution in [2.24, 2.45) is 0 Å². The fourth-order valence-electron chi connectivity index (χ4n) is 2.09. The molecule has 0 atom stereocenters. The van der Waals surface area contributed by atoms with E-state index in [-0.39, 0.29) is 12.5 Å². The number of hydrogen-bond acceptors (Lipinski definition) is 3. The van der Waals surface area contributed by atoms with E-state index < -0.39 is 0 Å². The zero-order valence-electron chi connectivity index (χ0n) is 11.6. The van der Waals surface area contributed by atoms with Crippen molar-refractivity contribution in [1.29, 1.82) is 0 Å². The summed E-state index contributed by atoms with van der Waals surface area (Å²) in [5.41, 5.74) is 2.95. The number of aryl methyl sites for hydroxylation is 1. The van der Waals surface area contributed by atoms with Gasteiger partial charge in [-0.3, -0.25) is 4.79 Å². The monoisotopic (exact) mass is 289 g/mol. The van der Waals surface area contributed by atoms with E-state index in [1.807, 2.05) is 35.9 Å². The molecule has 0 bridgehead atoms. The number of carbonyl (C=O) groups excluding carboxylic acids is 1. The lowest BCUT2D eigenvalue weighted by atomic mass is 10.1. The normalized spacial score (nSPS) is 10.5. The molecule has 106 valence electrons. The summed E-state index contributed by atoms with van der Waals surface area (Å²) in [5, 5.41) is 13.0. The van der Waals surface area contributed by atoms with Gasteiger partial charge < -0.3 is 10.0 Å². The molecule has 4 heteroatoms. The zero-order chi connectivity index (χ0) is 14.4. The van der Waals surface area contributed by atoms with Crippen molar-refractivity contribution in [1.82, 2.24) is 4.90 Å². The lowest BCUT2D eigenvalue weighted by molar-refractivity contribution is 0.0724. The Bertz CT molecular complexity index is 551. The molecule has 1 aromatic heterocycles. The van der Waals surface area contributed by atoms with Gasteiger partial charge in [-0.15, -0.1) is 0 Å². The fourth-order valence-corrected chi connectivity index (χ4v) is 2.92. The van der Waals surface area contributed by atoms with Gasteiger partial charge in [-0.05, 0) is 29.9 Å². The second kappa shape index (κ2) is 7.22. The van der Waals surface area contributed by atoms with Crippen LogP contribution in [0, 0.1) is 6.92 Å². The summed E-state index contributed by atoms with van der Waals surface area (Å²) in [6.07, 6.45) is 0.801. The molecule has 20 heavy (non-hydrogen) atoms. The van der Waals surface area contributed by atoms with E-state index in [0.717, 1.165) is 17.5 Å². The molecule has 1 aromatic carbocycles. The summed E-state index contributed by atoms with van der Waals surface area (Å²) in [6.45, 7) is 2.93. The molecule has 0 saturated heterocycles. The summed E-state index contributed by atoms with van der Waals surface area (Å²) in [7, 11) is 0. The summed E-state index contributed by atoms with van der Waals surface area (Å²) >= 11 is 1.53. The minimum absolute atomic E-state index is 0.00808. The molecule has 1 amide bonds. The predicted molar refractivity (Wildman–Crippen MR) is 82.2 cm³/mol. The van der Waals surface area contributed by atoms with Crippen LogP contribution in [0.25, 0.3) is 0 Å². The molecular formula is C16H19NO2S. The molecule has 3 nitrogen and oxygen atoms in total. The number of aliphatic hydroxyl groups excluding tert-OH is 1. The van der Waals surface area contributed by atoms with Gasteiger partial charge in [-0.2, -0.15) is 11.3 Å². The highest BCUT2D eigenvalue weighted by Crippen LogP contribution is 2.16. The number of rotatable bonds is 6. The number of thiophene rings is 1. The van der Waals surface area contributed by atoms with Gasteiger partial charge >= 0.3 is 0 Å². The van der Waals surface area contributed by atoms with Crippen LogP contribution in [0.1, 0.15) is 21.5 Å². The maximum Gasteiger partial charge on any atom is 0.255 e. The lowest BCUT2D eigenvalue weighted by Crippen LogP contribution is -2.35. The lowest BCUT2D eigenvalue weighted by Gasteiger charge is -2.21. The van der Waals surface area contributed by atoms with Crippen LogP contribution in [0.4, 0.5) is 0 Å². The van der Waals surface area contributed by atoms with Crippen LogP contribution in [-0.4, -0.2) is 35.6 Å². The maximum absolute atomic E-state index is 12.5. The topological polar surface area (TPSA) is 40.5 Å². The van der Waals surface area contributed by atoms with Crippen molar-refractivity contribution in [3.63, 3.8) is 0 Å². The molecule has 2 aromatic rings.